The molecule has 196 valence electrons. The summed E-state index contributed by atoms with van der Waals surface area (Å²) in [5.74, 6) is -0.771. The summed E-state index contributed by atoms with van der Waals surface area (Å²) in [4.78, 5) is 39.3. The molecule has 0 unspecified atom stereocenters. The molecule has 0 spiro atoms. The lowest BCUT2D eigenvalue weighted by molar-refractivity contribution is -0.123. The highest BCUT2D eigenvalue weighted by Crippen LogP contribution is 2.40. The zero-order chi connectivity index (χ0) is 27.4. The molecule has 1 heterocycles. The summed E-state index contributed by atoms with van der Waals surface area (Å²) in [6.07, 6.45) is 1.51. The summed E-state index contributed by atoms with van der Waals surface area (Å²) >= 11 is 10.2. The molecular weight excluding hydrogens is 601 g/mol. The van der Waals surface area contributed by atoms with Crippen molar-refractivity contribution in [1.82, 2.24) is 4.90 Å². The zero-order valence-electron chi connectivity index (χ0n) is 20.1. The van der Waals surface area contributed by atoms with Crippen molar-refractivity contribution in [3.05, 3.63) is 91.5 Å². The minimum atomic E-state index is -0.606. The van der Waals surface area contributed by atoms with E-state index in [1.54, 1.807) is 43.3 Å². The van der Waals surface area contributed by atoms with E-state index in [4.69, 9.17) is 25.8 Å². The Morgan fingerprint density at radius 3 is 2.55 bits per heavy atom. The van der Waals surface area contributed by atoms with Crippen molar-refractivity contribution in [2.24, 2.45) is 0 Å². The Morgan fingerprint density at radius 2 is 1.89 bits per heavy atom. The van der Waals surface area contributed by atoms with Gasteiger partial charge < -0.3 is 14.2 Å². The standard InChI is InChI=1S/C27H20BrClFNO6S/c1-3-36-22-12-15(11-19(28)24(22)37-26(33)16-7-9-17(35-2)10-8-16)13-23-25(32)31(27(34)38-23)14-18-20(29)5-4-6-21(18)30/h4-13H,3,14H2,1-2H3/b23-13-. The lowest BCUT2D eigenvalue weighted by atomic mass is 10.1. The van der Waals surface area contributed by atoms with E-state index in [1.807, 2.05) is 0 Å². The minimum absolute atomic E-state index is 0.0575. The molecule has 4 rings (SSSR count). The van der Waals surface area contributed by atoms with E-state index in [0.717, 1.165) is 16.7 Å². The Kier molecular flexibility index (Phi) is 8.76. The molecule has 0 aromatic heterocycles. The van der Waals surface area contributed by atoms with Crippen LogP contribution in [0.2, 0.25) is 5.02 Å². The SMILES string of the molecule is CCOc1cc(/C=C2\SC(=O)N(Cc3c(F)cccc3Cl)C2=O)cc(Br)c1OC(=O)c1ccc(OC)cc1. The van der Waals surface area contributed by atoms with Gasteiger partial charge in [-0.05, 0) is 94.8 Å². The molecule has 3 aromatic carbocycles. The van der Waals surface area contributed by atoms with E-state index in [2.05, 4.69) is 15.9 Å². The van der Waals surface area contributed by atoms with Gasteiger partial charge in [0.05, 0.1) is 35.2 Å². The normalized spacial score (nSPS) is 14.2. The molecule has 1 saturated heterocycles. The highest BCUT2D eigenvalue weighted by Gasteiger charge is 2.36. The van der Waals surface area contributed by atoms with Crippen molar-refractivity contribution in [2.45, 2.75) is 13.5 Å². The van der Waals surface area contributed by atoms with E-state index in [9.17, 15) is 18.8 Å². The van der Waals surface area contributed by atoms with Gasteiger partial charge in [-0.15, -0.1) is 0 Å². The van der Waals surface area contributed by atoms with Gasteiger partial charge in [0.25, 0.3) is 11.1 Å². The number of nitrogens with zero attached hydrogens (tertiary/aromatic N) is 1. The number of methoxy groups -OCH3 is 1. The summed E-state index contributed by atoms with van der Waals surface area (Å²) in [5, 5.41) is -0.423. The van der Waals surface area contributed by atoms with Crippen LogP contribution in [0.4, 0.5) is 9.18 Å². The van der Waals surface area contributed by atoms with Crippen LogP contribution in [-0.2, 0) is 11.3 Å². The summed E-state index contributed by atoms with van der Waals surface area (Å²) in [6.45, 7) is 1.76. The topological polar surface area (TPSA) is 82.1 Å². The molecule has 11 heteroatoms. The first kappa shape index (κ1) is 27.7. The largest absolute Gasteiger partial charge is 0.497 e. The van der Waals surface area contributed by atoms with Gasteiger partial charge in [-0.3, -0.25) is 14.5 Å². The molecule has 3 aromatic rings. The Labute approximate surface area is 235 Å². The highest BCUT2D eigenvalue weighted by atomic mass is 79.9. The van der Waals surface area contributed by atoms with Crippen molar-refractivity contribution in [2.75, 3.05) is 13.7 Å². The number of carbonyl (C=O) groups is 3. The van der Waals surface area contributed by atoms with Crippen molar-refractivity contribution in [3.63, 3.8) is 0 Å². The smallest absolute Gasteiger partial charge is 0.343 e. The van der Waals surface area contributed by atoms with Crippen molar-refractivity contribution in [1.29, 1.82) is 0 Å². The Balaban J connectivity index is 1.59. The number of imide groups is 1. The number of hydrogen-bond acceptors (Lipinski definition) is 7. The second-order valence-corrected chi connectivity index (χ2v) is 10.1. The molecule has 0 saturated carbocycles. The van der Waals surface area contributed by atoms with Gasteiger partial charge in [0.2, 0.25) is 0 Å². The Bertz CT molecular complexity index is 1430. The van der Waals surface area contributed by atoms with Gasteiger partial charge in [-0.1, -0.05) is 17.7 Å². The number of halogens is 3. The molecule has 1 aliphatic heterocycles. The number of carbonyl (C=O) groups excluding carboxylic acids is 3. The van der Waals surface area contributed by atoms with E-state index in [0.29, 0.717) is 21.3 Å². The third kappa shape index (κ3) is 6.03. The number of benzene rings is 3. The monoisotopic (exact) mass is 619 g/mol. The predicted octanol–water partition coefficient (Wildman–Crippen LogP) is 7.10. The zero-order valence-corrected chi connectivity index (χ0v) is 23.3. The van der Waals surface area contributed by atoms with Gasteiger partial charge in [-0.2, -0.15) is 0 Å². The lowest BCUT2D eigenvalue weighted by Gasteiger charge is -2.14. The molecule has 0 bridgehead atoms. The fourth-order valence-corrected chi connectivity index (χ4v) is 5.14. The van der Waals surface area contributed by atoms with Crippen LogP contribution in [0, 0.1) is 5.82 Å². The average molecular weight is 621 g/mol. The van der Waals surface area contributed by atoms with Gasteiger partial charge in [0, 0.05) is 10.6 Å². The number of hydrogen-bond donors (Lipinski definition) is 0. The number of thioether (sulfide) groups is 1. The van der Waals surface area contributed by atoms with Crippen LogP contribution < -0.4 is 14.2 Å². The first-order valence-corrected chi connectivity index (χ1v) is 13.2. The Morgan fingerprint density at radius 1 is 1.16 bits per heavy atom. The summed E-state index contributed by atoms with van der Waals surface area (Å²) in [6, 6.07) is 13.8. The van der Waals surface area contributed by atoms with Crippen molar-refractivity contribution < 1.29 is 33.0 Å². The molecule has 1 aliphatic rings. The molecule has 0 aliphatic carbocycles. The second kappa shape index (κ2) is 12.0. The molecule has 0 atom stereocenters. The molecule has 1 fully saturated rings. The fourth-order valence-electron chi connectivity index (χ4n) is 3.54. The number of amides is 2. The summed E-state index contributed by atoms with van der Waals surface area (Å²) in [5.41, 5.74) is 0.883. The third-order valence-corrected chi connectivity index (χ3v) is 7.25. The van der Waals surface area contributed by atoms with Gasteiger partial charge >= 0.3 is 5.97 Å². The first-order chi connectivity index (χ1) is 18.2. The van der Waals surface area contributed by atoms with Crippen molar-refractivity contribution in [3.8, 4) is 17.2 Å². The van der Waals surface area contributed by atoms with Crippen LogP contribution >= 0.6 is 39.3 Å². The Hall–Kier alpha value is -3.34. The van der Waals surface area contributed by atoms with Crippen LogP contribution in [0.3, 0.4) is 0 Å². The molecule has 38 heavy (non-hydrogen) atoms. The van der Waals surface area contributed by atoms with Crippen LogP contribution in [0.1, 0.15) is 28.4 Å². The van der Waals surface area contributed by atoms with Gasteiger partial charge in [0.1, 0.15) is 11.6 Å². The maximum Gasteiger partial charge on any atom is 0.343 e. The summed E-state index contributed by atoms with van der Waals surface area (Å²) < 4.78 is 31.0. The lowest BCUT2D eigenvalue weighted by Crippen LogP contribution is -2.28. The maximum absolute atomic E-state index is 14.2. The molecule has 0 N–H and O–H groups in total. The quantitative estimate of drug-likeness (QED) is 0.151. The third-order valence-electron chi connectivity index (χ3n) is 5.40. The number of ether oxygens (including phenoxy) is 3. The average Bonchev–Trinajstić information content (AvgIpc) is 3.15. The molecular formula is C27H20BrClFNO6S. The van der Waals surface area contributed by atoms with E-state index in [-0.39, 0.29) is 40.1 Å². The van der Waals surface area contributed by atoms with E-state index < -0.39 is 22.9 Å². The fraction of sp³-hybridized carbons (Fsp3) is 0.148. The number of rotatable bonds is 8. The molecule has 0 radical (unpaired) electrons. The minimum Gasteiger partial charge on any atom is -0.497 e. The highest BCUT2D eigenvalue weighted by molar-refractivity contribution is 9.10. The van der Waals surface area contributed by atoms with Crippen LogP contribution in [0.5, 0.6) is 17.2 Å². The predicted molar refractivity (Wildman–Crippen MR) is 146 cm³/mol. The van der Waals surface area contributed by atoms with Gasteiger partial charge in [0.15, 0.2) is 11.5 Å². The second-order valence-electron chi connectivity index (χ2n) is 7.85. The summed E-state index contributed by atoms with van der Waals surface area (Å²) in [7, 11) is 1.53. The molecule has 7 nitrogen and oxygen atoms in total. The van der Waals surface area contributed by atoms with Crippen LogP contribution in [-0.4, -0.2) is 35.7 Å². The van der Waals surface area contributed by atoms with Crippen LogP contribution in [0.25, 0.3) is 6.08 Å². The number of esters is 1. The first-order valence-electron chi connectivity index (χ1n) is 11.2. The van der Waals surface area contributed by atoms with E-state index >= 15 is 0 Å². The maximum atomic E-state index is 14.2. The van der Waals surface area contributed by atoms with Gasteiger partial charge in [-0.25, -0.2) is 9.18 Å². The van der Waals surface area contributed by atoms with Crippen molar-refractivity contribution >= 4 is 62.5 Å². The van der Waals surface area contributed by atoms with E-state index in [1.165, 1.54) is 31.4 Å². The van der Waals surface area contributed by atoms with Crippen LogP contribution in [0.15, 0.2) is 64.0 Å². The molecule has 2 amide bonds.